The molecule has 0 aliphatic carbocycles. The van der Waals surface area contributed by atoms with Crippen molar-refractivity contribution in [1.82, 2.24) is 0 Å². The second kappa shape index (κ2) is 19.9. The molecule has 202 valence electrons. The van der Waals surface area contributed by atoms with Gasteiger partial charge in [0.2, 0.25) is 11.0 Å². The van der Waals surface area contributed by atoms with E-state index in [4.69, 9.17) is 23.2 Å². The summed E-state index contributed by atoms with van der Waals surface area (Å²) in [4.78, 5) is 0. The summed E-state index contributed by atoms with van der Waals surface area (Å²) in [5.74, 6) is 0. The highest BCUT2D eigenvalue weighted by molar-refractivity contribution is 6.18. The lowest BCUT2D eigenvalue weighted by Gasteiger charge is -2.10. The van der Waals surface area contributed by atoms with Gasteiger partial charge in [-0.2, -0.15) is 9.13 Å². The molecule has 0 amide bonds. The molecule has 0 aliphatic heterocycles. The van der Waals surface area contributed by atoms with Crippen LogP contribution in [0.15, 0.2) is 48.8 Å². The Labute approximate surface area is 232 Å². The van der Waals surface area contributed by atoms with Crippen LogP contribution in [0, 0.1) is 0 Å². The summed E-state index contributed by atoms with van der Waals surface area (Å²) in [5, 5.41) is 0. The number of halogens is 2. The molecule has 2 heterocycles. The van der Waals surface area contributed by atoms with E-state index in [0.717, 1.165) is 25.7 Å². The Morgan fingerprint density at radius 2 is 0.917 bits per heavy atom. The highest BCUT2D eigenvalue weighted by Gasteiger charge is 2.20. The molecule has 0 aromatic carbocycles. The van der Waals surface area contributed by atoms with Crippen LogP contribution in [-0.2, 0) is 12.8 Å². The number of aromatic nitrogens is 2. The zero-order chi connectivity index (χ0) is 25.8. The third-order valence-electron chi connectivity index (χ3n) is 7.27. The number of rotatable bonds is 21. The maximum absolute atomic E-state index is 6.78. The number of alkyl halides is 2. The lowest BCUT2D eigenvalue weighted by molar-refractivity contribution is -0.710. The van der Waals surface area contributed by atoms with E-state index in [0.29, 0.717) is 0 Å². The van der Waals surface area contributed by atoms with E-state index >= 15 is 0 Å². The number of hydrogen-bond acceptors (Lipinski definition) is 0. The van der Waals surface area contributed by atoms with Crippen molar-refractivity contribution in [2.45, 2.75) is 140 Å². The molecule has 2 unspecified atom stereocenters. The second-order valence-electron chi connectivity index (χ2n) is 10.4. The van der Waals surface area contributed by atoms with Crippen molar-refractivity contribution in [2.24, 2.45) is 0 Å². The zero-order valence-corrected chi connectivity index (χ0v) is 24.7. The summed E-state index contributed by atoms with van der Waals surface area (Å²) in [6.45, 7) is 4.52. The molecule has 0 aliphatic rings. The molecular formula is C32H52Cl2N2+2. The van der Waals surface area contributed by atoms with Crippen molar-refractivity contribution in [3.8, 4) is 0 Å². The number of hydrogen-bond donors (Lipinski definition) is 0. The molecule has 0 saturated carbocycles. The Balaban J connectivity index is 1.53. The van der Waals surface area contributed by atoms with Crippen molar-refractivity contribution in [3.05, 3.63) is 60.2 Å². The Morgan fingerprint density at radius 1 is 0.528 bits per heavy atom. The molecule has 36 heavy (non-hydrogen) atoms. The van der Waals surface area contributed by atoms with Crippen LogP contribution in [0.3, 0.4) is 0 Å². The highest BCUT2D eigenvalue weighted by atomic mass is 35.5. The molecule has 0 bridgehead atoms. The SMILES string of the molecule is CCCCCc1cccc[n+]1C(Cl)CCCCCCCCCCC(Cl)[n+]1ccccc1CCCCC. The van der Waals surface area contributed by atoms with Gasteiger partial charge in [-0.3, -0.25) is 0 Å². The van der Waals surface area contributed by atoms with Crippen LogP contribution in [0.4, 0.5) is 0 Å². The molecule has 2 rings (SSSR count). The molecule has 2 nitrogen and oxygen atoms in total. The summed E-state index contributed by atoms with van der Waals surface area (Å²) in [7, 11) is 0. The Hall–Kier alpha value is -1.12. The number of pyridine rings is 2. The van der Waals surface area contributed by atoms with Gasteiger partial charge in [0.05, 0.1) is 0 Å². The summed E-state index contributed by atoms with van der Waals surface area (Å²) in [5.41, 5.74) is 2.92. The lowest BCUT2D eigenvalue weighted by Crippen LogP contribution is -2.40. The van der Waals surface area contributed by atoms with Crippen LogP contribution in [0.2, 0.25) is 0 Å². The maximum atomic E-state index is 6.78. The van der Waals surface area contributed by atoms with Crippen LogP contribution in [0.5, 0.6) is 0 Å². The molecule has 2 atom stereocenters. The van der Waals surface area contributed by atoms with E-state index in [1.54, 1.807) is 0 Å². The van der Waals surface area contributed by atoms with Gasteiger partial charge in [0.1, 0.15) is 0 Å². The fraction of sp³-hybridized carbons (Fsp3) is 0.688. The third kappa shape index (κ3) is 12.4. The van der Waals surface area contributed by atoms with Crippen LogP contribution in [-0.4, -0.2) is 0 Å². The van der Waals surface area contributed by atoms with E-state index in [9.17, 15) is 0 Å². The van der Waals surface area contributed by atoms with Gasteiger partial charge < -0.3 is 0 Å². The van der Waals surface area contributed by atoms with Crippen LogP contribution < -0.4 is 9.13 Å². The van der Waals surface area contributed by atoms with Gasteiger partial charge in [0.15, 0.2) is 23.8 Å². The number of unbranched alkanes of at least 4 members (excludes halogenated alkanes) is 11. The van der Waals surface area contributed by atoms with Gasteiger partial charge >= 0.3 is 0 Å². The predicted molar refractivity (Wildman–Crippen MR) is 156 cm³/mol. The number of aryl methyl sites for hydroxylation is 2. The first-order valence-corrected chi connectivity index (χ1v) is 15.8. The summed E-state index contributed by atoms with van der Waals surface area (Å²) < 4.78 is 4.59. The highest BCUT2D eigenvalue weighted by Crippen LogP contribution is 2.19. The maximum Gasteiger partial charge on any atom is 0.232 e. The summed E-state index contributed by atoms with van der Waals surface area (Å²) in [6, 6.07) is 13.0. The molecule has 0 fully saturated rings. The second-order valence-corrected chi connectivity index (χ2v) is 11.4. The van der Waals surface area contributed by atoms with E-state index in [-0.39, 0.29) is 11.0 Å². The first-order chi connectivity index (χ1) is 17.7. The molecule has 0 N–H and O–H groups in total. The van der Waals surface area contributed by atoms with Gasteiger partial charge in [-0.05, 0) is 48.9 Å². The average molecular weight is 536 g/mol. The monoisotopic (exact) mass is 534 g/mol. The summed E-state index contributed by atoms with van der Waals surface area (Å²) >= 11 is 13.6. The van der Waals surface area contributed by atoms with E-state index in [1.807, 2.05) is 0 Å². The van der Waals surface area contributed by atoms with Crippen molar-refractivity contribution >= 4 is 23.2 Å². The van der Waals surface area contributed by atoms with Gasteiger partial charge in [-0.1, -0.05) is 90.2 Å². The first-order valence-electron chi connectivity index (χ1n) is 14.9. The molecule has 0 radical (unpaired) electrons. The lowest BCUT2D eigenvalue weighted by atomic mass is 10.1. The topological polar surface area (TPSA) is 7.76 Å². The van der Waals surface area contributed by atoms with E-state index in [1.165, 1.54) is 101 Å². The normalized spacial score (nSPS) is 13.1. The minimum absolute atomic E-state index is 0.0842. The van der Waals surface area contributed by atoms with Gasteiger partial charge in [0, 0.05) is 49.9 Å². The van der Waals surface area contributed by atoms with Gasteiger partial charge in [0.25, 0.3) is 0 Å². The van der Waals surface area contributed by atoms with Crippen molar-refractivity contribution in [2.75, 3.05) is 0 Å². The largest absolute Gasteiger partial charge is 0.232 e. The Kier molecular flexibility index (Phi) is 17.2. The molecule has 4 heteroatoms. The van der Waals surface area contributed by atoms with Gasteiger partial charge in [-0.25, -0.2) is 0 Å². The van der Waals surface area contributed by atoms with Crippen molar-refractivity contribution in [1.29, 1.82) is 0 Å². The fourth-order valence-corrected chi connectivity index (χ4v) is 5.72. The standard InChI is InChI=1S/C32H52Cl2N2/c1-3-5-13-21-29-23-17-19-27-35(29)31(33)25-15-11-9-7-8-10-12-16-26-32(34)36-28-20-18-24-30(36)22-14-6-4-2/h17-20,23-24,27-28,31-32H,3-16,21-22,25-26H2,1-2H3/q+2. The van der Waals surface area contributed by atoms with Crippen molar-refractivity contribution in [3.63, 3.8) is 0 Å². The molecule has 2 aromatic rings. The minimum atomic E-state index is 0.0842. The summed E-state index contributed by atoms with van der Waals surface area (Å²) in [6.07, 6.45) is 26.7. The van der Waals surface area contributed by atoms with Crippen LogP contribution in [0.25, 0.3) is 0 Å². The number of nitrogens with zero attached hydrogens (tertiary/aromatic N) is 2. The van der Waals surface area contributed by atoms with Crippen molar-refractivity contribution < 1.29 is 9.13 Å². The van der Waals surface area contributed by atoms with Crippen LogP contribution in [0.1, 0.15) is 139 Å². The molecular weight excluding hydrogens is 483 g/mol. The van der Waals surface area contributed by atoms with E-state index < -0.39 is 0 Å². The fourth-order valence-electron chi connectivity index (χ4n) is 5.03. The third-order valence-corrected chi connectivity index (χ3v) is 8.12. The Morgan fingerprint density at radius 3 is 1.31 bits per heavy atom. The predicted octanol–water partition coefficient (Wildman–Crippen LogP) is 9.80. The van der Waals surface area contributed by atoms with E-state index in [2.05, 4.69) is 71.8 Å². The quantitative estimate of drug-likeness (QED) is 0.0854. The smallest absolute Gasteiger partial charge is 0.185 e. The average Bonchev–Trinajstić information content (AvgIpc) is 2.90. The van der Waals surface area contributed by atoms with Crippen LogP contribution >= 0.6 is 23.2 Å². The van der Waals surface area contributed by atoms with Gasteiger partial charge in [-0.15, -0.1) is 0 Å². The zero-order valence-electron chi connectivity index (χ0n) is 23.2. The molecule has 2 aromatic heterocycles. The first kappa shape index (κ1) is 31.1. The molecule has 0 saturated heterocycles. The molecule has 0 spiro atoms. The minimum Gasteiger partial charge on any atom is -0.185 e. The Bertz CT molecular complexity index is 743.